The van der Waals surface area contributed by atoms with E-state index in [1.165, 1.54) is 16.5 Å². The van der Waals surface area contributed by atoms with Crippen LogP contribution in [0.5, 0.6) is 5.75 Å². The largest absolute Gasteiger partial charge is 0.434 e. The van der Waals surface area contributed by atoms with E-state index >= 15 is 0 Å². The van der Waals surface area contributed by atoms with Crippen molar-refractivity contribution in [2.24, 2.45) is 0 Å². The lowest BCUT2D eigenvalue weighted by Gasteiger charge is -2.14. The first-order chi connectivity index (χ1) is 13.0. The molecule has 0 aliphatic carbocycles. The van der Waals surface area contributed by atoms with Crippen LogP contribution in [0.15, 0.2) is 57.9 Å². The van der Waals surface area contributed by atoms with Crippen LogP contribution in [0.4, 0.5) is 8.78 Å². The summed E-state index contributed by atoms with van der Waals surface area (Å²) in [6, 6.07) is 14.7. The van der Waals surface area contributed by atoms with Crippen LogP contribution in [0.2, 0.25) is 0 Å². The number of thioether (sulfide) groups is 1. The van der Waals surface area contributed by atoms with E-state index in [0.717, 1.165) is 6.54 Å². The van der Waals surface area contributed by atoms with Gasteiger partial charge in [0.2, 0.25) is 11.7 Å². The summed E-state index contributed by atoms with van der Waals surface area (Å²) in [4.78, 5) is 7.56. The third kappa shape index (κ3) is 5.27. The number of rotatable bonds is 8. The van der Waals surface area contributed by atoms with Crippen LogP contribution in [-0.4, -0.2) is 35.0 Å². The number of aromatic nitrogens is 2. The van der Waals surface area contributed by atoms with Crippen molar-refractivity contribution >= 4 is 11.8 Å². The molecule has 5 nitrogen and oxygen atoms in total. The molecule has 2 aromatic carbocycles. The van der Waals surface area contributed by atoms with Crippen LogP contribution < -0.4 is 4.74 Å². The molecule has 0 aliphatic rings. The van der Waals surface area contributed by atoms with Crippen molar-refractivity contribution in [3.63, 3.8) is 0 Å². The first kappa shape index (κ1) is 19.3. The van der Waals surface area contributed by atoms with Crippen LogP contribution in [0.3, 0.4) is 0 Å². The highest BCUT2D eigenvalue weighted by Gasteiger charge is 2.16. The van der Waals surface area contributed by atoms with Crippen LogP contribution in [0, 0.1) is 0 Å². The molecule has 3 rings (SSSR count). The van der Waals surface area contributed by atoms with E-state index < -0.39 is 6.61 Å². The molecule has 3 aromatic rings. The van der Waals surface area contributed by atoms with Crippen LogP contribution in [-0.2, 0) is 13.1 Å². The Morgan fingerprint density at radius 3 is 2.56 bits per heavy atom. The van der Waals surface area contributed by atoms with Crippen molar-refractivity contribution in [2.45, 2.75) is 24.6 Å². The summed E-state index contributed by atoms with van der Waals surface area (Å²) in [6.07, 6.45) is 2.04. The van der Waals surface area contributed by atoms with Gasteiger partial charge in [-0.15, -0.1) is 11.8 Å². The molecule has 0 bridgehead atoms. The second-order valence-corrected chi connectivity index (χ2v) is 6.79. The second-order valence-electron chi connectivity index (χ2n) is 5.91. The molecule has 0 N–H and O–H groups in total. The summed E-state index contributed by atoms with van der Waals surface area (Å²) < 4.78 is 34.9. The first-order valence-electron chi connectivity index (χ1n) is 8.23. The van der Waals surface area contributed by atoms with E-state index in [1.807, 2.05) is 18.2 Å². The molecule has 0 amide bonds. The molecular weight excluding hydrogens is 372 g/mol. The summed E-state index contributed by atoms with van der Waals surface area (Å²) in [6.45, 7) is -1.76. The van der Waals surface area contributed by atoms with Crippen molar-refractivity contribution in [1.82, 2.24) is 15.0 Å². The Bertz CT molecular complexity index is 871. The number of alkyl halides is 2. The molecule has 0 fully saturated rings. The number of benzene rings is 2. The lowest BCUT2D eigenvalue weighted by atomic mass is 10.2. The smallest absolute Gasteiger partial charge is 0.387 e. The van der Waals surface area contributed by atoms with Gasteiger partial charge in [0.05, 0.1) is 12.1 Å². The first-order valence-corrected chi connectivity index (χ1v) is 9.46. The van der Waals surface area contributed by atoms with Gasteiger partial charge in [-0.25, -0.2) is 0 Å². The predicted octanol–water partition coefficient (Wildman–Crippen LogP) is 4.69. The Kier molecular flexibility index (Phi) is 6.41. The minimum absolute atomic E-state index is 0.0158. The van der Waals surface area contributed by atoms with Crippen LogP contribution >= 0.6 is 11.8 Å². The minimum atomic E-state index is -2.92. The van der Waals surface area contributed by atoms with Gasteiger partial charge in [-0.2, -0.15) is 13.8 Å². The molecule has 1 heterocycles. The molecule has 27 heavy (non-hydrogen) atoms. The van der Waals surface area contributed by atoms with Crippen LogP contribution in [0.25, 0.3) is 11.4 Å². The maximum Gasteiger partial charge on any atom is 0.387 e. The van der Waals surface area contributed by atoms with Gasteiger partial charge in [-0.3, -0.25) is 4.90 Å². The fraction of sp³-hybridized carbons (Fsp3) is 0.263. The molecule has 142 valence electrons. The Morgan fingerprint density at radius 1 is 1.11 bits per heavy atom. The van der Waals surface area contributed by atoms with Gasteiger partial charge < -0.3 is 9.26 Å². The van der Waals surface area contributed by atoms with Gasteiger partial charge in [0, 0.05) is 11.4 Å². The fourth-order valence-corrected chi connectivity index (χ4v) is 3.02. The molecule has 1 aromatic heterocycles. The number of hydrogen-bond acceptors (Lipinski definition) is 6. The molecule has 0 aliphatic heterocycles. The standard InChI is InChI=1S/C19H19F2N3O2S/c1-24(11-13-7-9-14(27-2)10-8-13)12-17-22-18(23-26-17)15-5-3-4-6-16(15)25-19(20)21/h3-10,19H,11-12H2,1-2H3. The predicted molar refractivity (Wildman–Crippen MR) is 99.8 cm³/mol. The average Bonchev–Trinajstić information content (AvgIpc) is 3.10. The Morgan fingerprint density at radius 2 is 1.85 bits per heavy atom. The van der Waals surface area contributed by atoms with Crippen molar-refractivity contribution in [3.05, 3.63) is 60.0 Å². The zero-order valence-corrected chi connectivity index (χ0v) is 15.7. The van der Waals surface area contributed by atoms with E-state index in [4.69, 9.17) is 4.52 Å². The Hall–Kier alpha value is -2.45. The number of ether oxygens (including phenoxy) is 1. The molecule has 0 unspecified atom stereocenters. The second kappa shape index (κ2) is 8.96. The highest BCUT2D eigenvalue weighted by molar-refractivity contribution is 7.98. The third-order valence-corrected chi connectivity index (χ3v) is 4.57. The summed E-state index contributed by atoms with van der Waals surface area (Å²) in [5.41, 5.74) is 1.54. The number of halogens is 2. The number of para-hydroxylation sites is 1. The average molecular weight is 391 g/mol. The Balaban J connectivity index is 1.67. The SMILES string of the molecule is CSc1ccc(CN(C)Cc2nc(-c3ccccc3OC(F)F)no2)cc1. The lowest BCUT2D eigenvalue weighted by Crippen LogP contribution is -2.17. The third-order valence-electron chi connectivity index (χ3n) is 3.83. The fourth-order valence-electron chi connectivity index (χ4n) is 2.61. The highest BCUT2D eigenvalue weighted by atomic mass is 32.2. The van der Waals surface area contributed by atoms with Gasteiger partial charge >= 0.3 is 6.61 Å². The zero-order valence-electron chi connectivity index (χ0n) is 14.9. The number of hydrogen-bond donors (Lipinski definition) is 0. The maximum atomic E-state index is 12.6. The van der Waals surface area contributed by atoms with Gasteiger partial charge in [0.15, 0.2) is 0 Å². The van der Waals surface area contributed by atoms with Crippen LogP contribution in [0.1, 0.15) is 11.5 Å². The van der Waals surface area contributed by atoms with E-state index in [2.05, 4.69) is 39.1 Å². The highest BCUT2D eigenvalue weighted by Crippen LogP contribution is 2.29. The molecule has 0 saturated heterocycles. The van der Waals surface area contributed by atoms with Crippen molar-refractivity contribution < 1.29 is 18.0 Å². The van der Waals surface area contributed by atoms with Gasteiger partial charge in [0.25, 0.3) is 0 Å². The quantitative estimate of drug-likeness (QED) is 0.519. The van der Waals surface area contributed by atoms with E-state index in [-0.39, 0.29) is 11.6 Å². The summed E-state index contributed by atoms with van der Waals surface area (Å²) in [7, 11) is 1.94. The molecule has 8 heteroatoms. The Labute approximate surface area is 160 Å². The summed E-state index contributed by atoms with van der Waals surface area (Å²) in [5.74, 6) is 0.640. The summed E-state index contributed by atoms with van der Waals surface area (Å²) >= 11 is 1.70. The van der Waals surface area contributed by atoms with Gasteiger partial charge in [-0.1, -0.05) is 29.4 Å². The molecule has 0 spiro atoms. The zero-order chi connectivity index (χ0) is 19.2. The van der Waals surface area contributed by atoms with E-state index in [1.54, 1.807) is 30.0 Å². The van der Waals surface area contributed by atoms with E-state index in [9.17, 15) is 8.78 Å². The molecule has 0 atom stereocenters. The minimum Gasteiger partial charge on any atom is -0.434 e. The van der Waals surface area contributed by atoms with Crippen molar-refractivity contribution in [3.8, 4) is 17.1 Å². The van der Waals surface area contributed by atoms with Gasteiger partial charge in [-0.05, 0) is 43.1 Å². The van der Waals surface area contributed by atoms with E-state index in [0.29, 0.717) is 18.0 Å². The summed E-state index contributed by atoms with van der Waals surface area (Å²) in [5, 5.41) is 3.90. The molecule has 0 saturated carbocycles. The molecular formula is C19H19F2N3O2S. The number of nitrogens with zero attached hydrogens (tertiary/aromatic N) is 3. The van der Waals surface area contributed by atoms with Gasteiger partial charge in [0.1, 0.15) is 5.75 Å². The topological polar surface area (TPSA) is 51.4 Å². The maximum absolute atomic E-state index is 12.6. The van der Waals surface area contributed by atoms with Crippen molar-refractivity contribution in [1.29, 1.82) is 0 Å². The monoisotopic (exact) mass is 391 g/mol. The van der Waals surface area contributed by atoms with Crippen molar-refractivity contribution in [2.75, 3.05) is 13.3 Å². The lowest BCUT2D eigenvalue weighted by molar-refractivity contribution is -0.0494. The normalized spacial score (nSPS) is 11.3. The molecule has 0 radical (unpaired) electrons.